The van der Waals surface area contributed by atoms with Gasteiger partial charge in [0.25, 0.3) is 0 Å². The van der Waals surface area contributed by atoms with Crippen LogP contribution in [0.2, 0.25) is 0 Å². The monoisotopic (exact) mass is 233 g/mol. The summed E-state index contributed by atoms with van der Waals surface area (Å²) in [6.45, 7) is 8.22. The van der Waals surface area contributed by atoms with Crippen LogP contribution in [-0.2, 0) is 11.3 Å². The normalized spacial score (nSPS) is 20.5. The lowest BCUT2D eigenvalue weighted by molar-refractivity contribution is 0.0780. The molecular weight excluding hydrogens is 210 g/mol. The van der Waals surface area contributed by atoms with E-state index in [0.29, 0.717) is 5.92 Å². The van der Waals surface area contributed by atoms with E-state index in [1.165, 1.54) is 36.1 Å². The Kier molecular flexibility index (Phi) is 4.57. The standard InChI is InChI=1S/C15H23NO/c1-12-5-6-15(13(2)8-12)11-17-10-14-4-3-7-16-9-14/h5-6,8,14,16H,3-4,7,9-11H2,1-2H3. The van der Waals surface area contributed by atoms with Gasteiger partial charge in [-0.3, -0.25) is 0 Å². The zero-order chi connectivity index (χ0) is 12.1. The van der Waals surface area contributed by atoms with Crippen LogP contribution < -0.4 is 5.32 Å². The summed E-state index contributed by atoms with van der Waals surface area (Å²) >= 11 is 0. The smallest absolute Gasteiger partial charge is 0.0719 e. The number of hydrogen-bond acceptors (Lipinski definition) is 2. The van der Waals surface area contributed by atoms with Crippen LogP contribution in [0, 0.1) is 19.8 Å². The van der Waals surface area contributed by atoms with Crippen LogP contribution >= 0.6 is 0 Å². The van der Waals surface area contributed by atoms with E-state index < -0.39 is 0 Å². The van der Waals surface area contributed by atoms with E-state index in [1.807, 2.05) is 0 Å². The molecule has 1 heterocycles. The van der Waals surface area contributed by atoms with Crippen LogP contribution in [0.25, 0.3) is 0 Å². The first-order chi connectivity index (χ1) is 8.25. The van der Waals surface area contributed by atoms with Crippen LogP contribution in [0.15, 0.2) is 18.2 Å². The maximum absolute atomic E-state index is 5.84. The Morgan fingerprint density at radius 3 is 2.94 bits per heavy atom. The summed E-state index contributed by atoms with van der Waals surface area (Å²) < 4.78 is 5.84. The second-order valence-electron chi connectivity index (χ2n) is 5.16. The van der Waals surface area contributed by atoms with Gasteiger partial charge in [0.05, 0.1) is 13.2 Å². The van der Waals surface area contributed by atoms with Gasteiger partial charge in [-0.2, -0.15) is 0 Å². The van der Waals surface area contributed by atoms with Crippen molar-refractivity contribution in [3.63, 3.8) is 0 Å². The fourth-order valence-corrected chi connectivity index (χ4v) is 2.41. The Morgan fingerprint density at radius 2 is 2.24 bits per heavy atom. The molecule has 0 saturated carbocycles. The molecule has 0 radical (unpaired) electrons. The van der Waals surface area contributed by atoms with Gasteiger partial charge in [0.2, 0.25) is 0 Å². The van der Waals surface area contributed by atoms with Gasteiger partial charge in [-0.15, -0.1) is 0 Å². The second kappa shape index (κ2) is 6.18. The van der Waals surface area contributed by atoms with E-state index in [0.717, 1.165) is 19.8 Å². The summed E-state index contributed by atoms with van der Waals surface area (Å²) in [5.74, 6) is 0.703. The molecule has 1 aromatic carbocycles. The third-order valence-corrected chi connectivity index (χ3v) is 3.51. The molecule has 1 aliphatic heterocycles. The number of benzene rings is 1. The quantitative estimate of drug-likeness (QED) is 0.863. The molecule has 1 aliphatic rings. The number of piperidine rings is 1. The van der Waals surface area contributed by atoms with Crippen molar-refractivity contribution in [1.29, 1.82) is 0 Å². The molecule has 2 heteroatoms. The fraction of sp³-hybridized carbons (Fsp3) is 0.600. The summed E-state index contributed by atoms with van der Waals surface area (Å²) in [6.07, 6.45) is 2.59. The molecule has 2 nitrogen and oxygen atoms in total. The van der Waals surface area contributed by atoms with Crippen molar-refractivity contribution >= 4 is 0 Å². The molecule has 1 unspecified atom stereocenters. The molecule has 0 aliphatic carbocycles. The van der Waals surface area contributed by atoms with Crippen LogP contribution in [0.5, 0.6) is 0 Å². The molecule has 17 heavy (non-hydrogen) atoms. The SMILES string of the molecule is Cc1ccc(COCC2CCCNC2)c(C)c1. The Balaban J connectivity index is 1.77. The van der Waals surface area contributed by atoms with E-state index in [2.05, 4.69) is 37.4 Å². The number of ether oxygens (including phenoxy) is 1. The lowest BCUT2D eigenvalue weighted by Crippen LogP contribution is -2.32. The van der Waals surface area contributed by atoms with E-state index in [-0.39, 0.29) is 0 Å². The van der Waals surface area contributed by atoms with E-state index in [4.69, 9.17) is 4.74 Å². The average molecular weight is 233 g/mol. The lowest BCUT2D eigenvalue weighted by atomic mass is 10.0. The van der Waals surface area contributed by atoms with Crippen molar-refractivity contribution in [2.24, 2.45) is 5.92 Å². The first-order valence-corrected chi connectivity index (χ1v) is 6.60. The highest BCUT2D eigenvalue weighted by Gasteiger charge is 2.12. The van der Waals surface area contributed by atoms with Crippen LogP contribution in [0.4, 0.5) is 0 Å². The molecule has 94 valence electrons. The Hall–Kier alpha value is -0.860. The topological polar surface area (TPSA) is 21.3 Å². The maximum Gasteiger partial charge on any atom is 0.0719 e. The molecule has 2 rings (SSSR count). The average Bonchev–Trinajstić information content (AvgIpc) is 2.33. The van der Waals surface area contributed by atoms with Gasteiger partial charge in [-0.05, 0) is 50.3 Å². The Morgan fingerprint density at radius 1 is 1.35 bits per heavy atom. The van der Waals surface area contributed by atoms with Crippen LogP contribution in [-0.4, -0.2) is 19.7 Å². The van der Waals surface area contributed by atoms with E-state index in [9.17, 15) is 0 Å². The molecule has 1 fully saturated rings. The minimum Gasteiger partial charge on any atom is -0.376 e. The van der Waals surface area contributed by atoms with Crippen molar-refractivity contribution < 1.29 is 4.74 Å². The van der Waals surface area contributed by atoms with Gasteiger partial charge in [0.1, 0.15) is 0 Å². The second-order valence-corrected chi connectivity index (χ2v) is 5.16. The lowest BCUT2D eigenvalue weighted by Gasteiger charge is -2.22. The maximum atomic E-state index is 5.84. The first-order valence-electron chi connectivity index (χ1n) is 6.60. The van der Waals surface area contributed by atoms with Gasteiger partial charge in [-0.25, -0.2) is 0 Å². The van der Waals surface area contributed by atoms with E-state index in [1.54, 1.807) is 0 Å². The highest BCUT2D eigenvalue weighted by molar-refractivity contribution is 5.29. The minimum absolute atomic E-state index is 0.703. The Bertz CT molecular complexity index is 356. The third kappa shape index (κ3) is 3.83. The number of hydrogen-bond donors (Lipinski definition) is 1. The largest absolute Gasteiger partial charge is 0.376 e. The molecule has 1 N–H and O–H groups in total. The summed E-state index contributed by atoms with van der Waals surface area (Å²) in [7, 11) is 0. The molecule has 1 atom stereocenters. The van der Waals surface area contributed by atoms with E-state index >= 15 is 0 Å². The minimum atomic E-state index is 0.703. The third-order valence-electron chi connectivity index (χ3n) is 3.51. The highest BCUT2D eigenvalue weighted by Crippen LogP contribution is 2.14. The predicted molar refractivity (Wildman–Crippen MR) is 71.2 cm³/mol. The van der Waals surface area contributed by atoms with Crippen molar-refractivity contribution in [2.45, 2.75) is 33.3 Å². The highest BCUT2D eigenvalue weighted by atomic mass is 16.5. The van der Waals surface area contributed by atoms with Crippen molar-refractivity contribution in [2.75, 3.05) is 19.7 Å². The van der Waals surface area contributed by atoms with Gasteiger partial charge < -0.3 is 10.1 Å². The van der Waals surface area contributed by atoms with Crippen LogP contribution in [0.1, 0.15) is 29.5 Å². The Labute approximate surface area is 104 Å². The molecule has 0 amide bonds. The molecular formula is C15H23NO. The number of nitrogens with one attached hydrogen (secondary N) is 1. The van der Waals surface area contributed by atoms with Gasteiger partial charge in [0, 0.05) is 6.54 Å². The van der Waals surface area contributed by atoms with Gasteiger partial charge in [-0.1, -0.05) is 23.8 Å². The number of aryl methyl sites for hydroxylation is 2. The summed E-state index contributed by atoms with van der Waals surface area (Å²) in [5, 5.41) is 3.42. The van der Waals surface area contributed by atoms with Gasteiger partial charge >= 0.3 is 0 Å². The zero-order valence-electron chi connectivity index (χ0n) is 11.0. The molecule has 0 spiro atoms. The van der Waals surface area contributed by atoms with Crippen molar-refractivity contribution in [3.05, 3.63) is 34.9 Å². The fourth-order valence-electron chi connectivity index (χ4n) is 2.41. The molecule has 0 bridgehead atoms. The summed E-state index contributed by atoms with van der Waals surface area (Å²) in [5.41, 5.74) is 3.98. The van der Waals surface area contributed by atoms with Gasteiger partial charge in [0.15, 0.2) is 0 Å². The number of rotatable bonds is 4. The molecule has 1 aromatic rings. The summed E-state index contributed by atoms with van der Waals surface area (Å²) in [4.78, 5) is 0. The van der Waals surface area contributed by atoms with Crippen molar-refractivity contribution in [3.8, 4) is 0 Å². The van der Waals surface area contributed by atoms with Crippen LogP contribution in [0.3, 0.4) is 0 Å². The summed E-state index contributed by atoms with van der Waals surface area (Å²) in [6, 6.07) is 6.57. The zero-order valence-corrected chi connectivity index (χ0v) is 11.0. The molecule has 1 saturated heterocycles. The predicted octanol–water partition coefficient (Wildman–Crippen LogP) is 2.82. The van der Waals surface area contributed by atoms with Crippen molar-refractivity contribution in [1.82, 2.24) is 5.32 Å². The first kappa shape index (κ1) is 12.6. The molecule has 0 aromatic heterocycles.